The molecule has 0 saturated heterocycles. The minimum atomic E-state index is -0.474. The number of fused-ring (bicyclic) bond motifs is 1. The third-order valence-electron chi connectivity index (χ3n) is 5.01. The first-order valence-electron chi connectivity index (χ1n) is 9.23. The summed E-state index contributed by atoms with van der Waals surface area (Å²) in [6.45, 7) is 6.00. The van der Waals surface area contributed by atoms with Crippen molar-refractivity contribution in [3.63, 3.8) is 0 Å². The number of rotatable bonds is 6. The predicted molar refractivity (Wildman–Crippen MR) is 101 cm³/mol. The summed E-state index contributed by atoms with van der Waals surface area (Å²) in [6.07, 6.45) is 3.73. The summed E-state index contributed by atoms with van der Waals surface area (Å²) in [7, 11) is 0. The van der Waals surface area contributed by atoms with Crippen LogP contribution in [0.15, 0.2) is 42.5 Å². The molecule has 0 aliphatic heterocycles. The van der Waals surface area contributed by atoms with Crippen LogP contribution in [-0.2, 0) is 17.6 Å². The molecule has 0 spiro atoms. The van der Waals surface area contributed by atoms with Gasteiger partial charge in [0.25, 0.3) is 5.91 Å². The average molecular weight is 337 g/mol. The molecule has 1 N–H and O–H groups in total. The van der Waals surface area contributed by atoms with E-state index in [1.165, 1.54) is 29.5 Å². The molecule has 132 valence electrons. The van der Waals surface area contributed by atoms with Gasteiger partial charge in [-0.15, -0.1) is 0 Å². The Labute approximate surface area is 150 Å². The molecule has 0 aromatic heterocycles. The number of hydrogen-bond donors (Lipinski definition) is 1. The molecule has 2 aromatic rings. The molecule has 0 fully saturated rings. The van der Waals surface area contributed by atoms with Crippen molar-refractivity contribution >= 4 is 5.91 Å². The van der Waals surface area contributed by atoms with Crippen molar-refractivity contribution in [1.82, 2.24) is 5.32 Å². The Morgan fingerprint density at radius 3 is 2.68 bits per heavy atom. The van der Waals surface area contributed by atoms with E-state index in [1.807, 2.05) is 45.0 Å². The SMILES string of the molecule is CC[C@H](Oc1ccccc1C)C(=O)N[C@@H](C)c1ccc2c(c1)CCC2. The zero-order valence-corrected chi connectivity index (χ0v) is 15.3. The molecule has 1 amide bonds. The van der Waals surface area contributed by atoms with Crippen molar-refractivity contribution < 1.29 is 9.53 Å². The quantitative estimate of drug-likeness (QED) is 0.842. The fourth-order valence-corrected chi connectivity index (χ4v) is 3.41. The van der Waals surface area contributed by atoms with E-state index < -0.39 is 6.10 Å². The number of nitrogens with one attached hydrogen (secondary N) is 1. The summed E-state index contributed by atoms with van der Waals surface area (Å²) in [5, 5.41) is 3.11. The Hall–Kier alpha value is -2.29. The number of aryl methyl sites for hydroxylation is 3. The molecule has 2 atom stereocenters. The first kappa shape index (κ1) is 17.5. The third-order valence-corrected chi connectivity index (χ3v) is 5.01. The maximum absolute atomic E-state index is 12.7. The van der Waals surface area contributed by atoms with Gasteiger partial charge in [0.15, 0.2) is 6.10 Å². The second kappa shape index (κ2) is 7.73. The van der Waals surface area contributed by atoms with Crippen LogP contribution >= 0.6 is 0 Å². The van der Waals surface area contributed by atoms with Gasteiger partial charge in [-0.05, 0) is 67.9 Å². The van der Waals surface area contributed by atoms with Gasteiger partial charge in [-0.2, -0.15) is 0 Å². The second-order valence-corrected chi connectivity index (χ2v) is 6.89. The van der Waals surface area contributed by atoms with Crippen molar-refractivity contribution in [1.29, 1.82) is 0 Å². The van der Waals surface area contributed by atoms with Gasteiger partial charge in [0, 0.05) is 0 Å². The highest BCUT2D eigenvalue weighted by Crippen LogP contribution is 2.25. The first-order chi connectivity index (χ1) is 12.1. The van der Waals surface area contributed by atoms with Crippen molar-refractivity contribution in [3.05, 3.63) is 64.7 Å². The molecule has 25 heavy (non-hydrogen) atoms. The number of carbonyl (C=O) groups excluding carboxylic acids is 1. The minimum absolute atomic E-state index is 0.0204. The van der Waals surface area contributed by atoms with Crippen LogP contribution in [0.2, 0.25) is 0 Å². The van der Waals surface area contributed by atoms with Gasteiger partial charge in [0.1, 0.15) is 5.75 Å². The van der Waals surface area contributed by atoms with E-state index in [1.54, 1.807) is 0 Å². The van der Waals surface area contributed by atoms with Gasteiger partial charge < -0.3 is 10.1 Å². The summed E-state index contributed by atoms with van der Waals surface area (Å²) in [6, 6.07) is 14.4. The van der Waals surface area contributed by atoms with E-state index in [2.05, 4.69) is 23.5 Å². The van der Waals surface area contributed by atoms with Crippen LogP contribution < -0.4 is 10.1 Å². The second-order valence-electron chi connectivity index (χ2n) is 6.89. The smallest absolute Gasteiger partial charge is 0.261 e. The minimum Gasteiger partial charge on any atom is -0.480 e. The first-order valence-corrected chi connectivity index (χ1v) is 9.23. The zero-order chi connectivity index (χ0) is 17.8. The molecule has 0 unspecified atom stereocenters. The maximum Gasteiger partial charge on any atom is 0.261 e. The molecule has 3 rings (SSSR count). The Kier molecular flexibility index (Phi) is 5.42. The molecule has 0 radical (unpaired) electrons. The summed E-state index contributed by atoms with van der Waals surface area (Å²) >= 11 is 0. The topological polar surface area (TPSA) is 38.3 Å². The molecular formula is C22H27NO2. The lowest BCUT2D eigenvalue weighted by Crippen LogP contribution is -2.39. The Balaban J connectivity index is 1.66. The van der Waals surface area contributed by atoms with Gasteiger partial charge in [-0.25, -0.2) is 0 Å². The van der Waals surface area contributed by atoms with Gasteiger partial charge >= 0.3 is 0 Å². The Bertz CT molecular complexity index is 753. The standard InChI is InChI=1S/C22H27NO2/c1-4-20(25-21-11-6-5-8-15(21)2)22(24)23-16(3)18-13-12-17-9-7-10-19(17)14-18/h5-6,8,11-14,16,20H,4,7,9-10H2,1-3H3,(H,23,24)/t16-,20-/m0/s1. The normalized spacial score (nSPS) is 15.3. The molecule has 0 heterocycles. The largest absolute Gasteiger partial charge is 0.480 e. The van der Waals surface area contributed by atoms with Crippen LogP contribution in [0.1, 0.15) is 55.0 Å². The van der Waals surface area contributed by atoms with E-state index in [0.717, 1.165) is 17.7 Å². The summed E-state index contributed by atoms with van der Waals surface area (Å²) in [4.78, 5) is 12.7. The zero-order valence-electron chi connectivity index (χ0n) is 15.3. The number of ether oxygens (including phenoxy) is 1. The highest BCUT2D eigenvalue weighted by atomic mass is 16.5. The van der Waals surface area contributed by atoms with Crippen LogP contribution in [-0.4, -0.2) is 12.0 Å². The van der Waals surface area contributed by atoms with E-state index in [-0.39, 0.29) is 11.9 Å². The van der Waals surface area contributed by atoms with Crippen LogP contribution in [0, 0.1) is 6.92 Å². The van der Waals surface area contributed by atoms with E-state index in [0.29, 0.717) is 6.42 Å². The Morgan fingerprint density at radius 2 is 1.92 bits per heavy atom. The highest BCUT2D eigenvalue weighted by Gasteiger charge is 2.22. The van der Waals surface area contributed by atoms with E-state index in [4.69, 9.17) is 4.74 Å². The lowest BCUT2D eigenvalue weighted by molar-refractivity contribution is -0.128. The highest BCUT2D eigenvalue weighted by molar-refractivity contribution is 5.81. The van der Waals surface area contributed by atoms with Gasteiger partial charge in [-0.3, -0.25) is 4.79 Å². The third kappa shape index (κ3) is 4.04. The molecule has 3 nitrogen and oxygen atoms in total. The summed E-state index contributed by atoms with van der Waals surface area (Å²) < 4.78 is 5.95. The predicted octanol–water partition coefficient (Wildman–Crippen LogP) is 4.52. The molecule has 2 aromatic carbocycles. The lowest BCUT2D eigenvalue weighted by atomic mass is 10.0. The molecule has 0 bridgehead atoms. The number of amides is 1. The van der Waals surface area contributed by atoms with Crippen molar-refractivity contribution in [2.45, 2.75) is 58.6 Å². The number of carbonyl (C=O) groups is 1. The number of para-hydroxylation sites is 1. The van der Waals surface area contributed by atoms with E-state index >= 15 is 0 Å². The van der Waals surface area contributed by atoms with E-state index in [9.17, 15) is 4.79 Å². The number of benzene rings is 2. The fourth-order valence-electron chi connectivity index (χ4n) is 3.41. The fraction of sp³-hybridized carbons (Fsp3) is 0.409. The summed E-state index contributed by atoms with van der Waals surface area (Å²) in [5.41, 5.74) is 5.10. The maximum atomic E-state index is 12.7. The van der Waals surface area contributed by atoms with Gasteiger partial charge in [0.2, 0.25) is 0 Å². The van der Waals surface area contributed by atoms with Crippen LogP contribution in [0.4, 0.5) is 0 Å². The van der Waals surface area contributed by atoms with Crippen LogP contribution in [0.3, 0.4) is 0 Å². The Morgan fingerprint density at radius 1 is 1.16 bits per heavy atom. The van der Waals surface area contributed by atoms with Crippen LogP contribution in [0.25, 0.3) is 0 Å². The van der Waals surface area contributed by atoms with Crippen LogP contribution in [0.5, 0.6) is 5.75 Å². The molecule has 3 heteroatoms. The molecule has 0 saturated carbocycles. The van der Waals surface area contributed by atoms with Crippen molar-refractivity contribution in [2.24, 2.45) is 0 Å². The molecular weight excluding hydrogens is 310 g/mol. The molecule has 1 aliphatic carbocycles. The molecule has 1 aliphatic rings. The van der Waals surface area contributed by atoms with Crippen molar-refractivity contribution in [2.75, 3.05) is 0 Å². The summed E-state index contributed by atoms with van der Waals surface area (Å²) in [5.74, 6) is 0.716. The van der Waals surface area contributed by atoms with Gasteiger partial charge in [0.05, 0.1) is 6.04 Å². The lowest BCUT2D eigenvalue weighted by Gasteiger charge is -2.22. The average Bonchev–Trinajstić information content (AvgIpc) is 3.08. The monoisotopic (exact) mass is 337 g/mol. The van der Waals surface area contributed by atoms with Gasteiger partial charge in [-0.1, -0.05) is 43.3 Å². The van der Waals surface area contributed by atoms with Crippen molar-refractivity contribution in [3.8, 4) is 5.75 Å². The number of hydrogen-bond acceptors (Lipinski definition) is 2.